The van der Waals surface area contributed by atoms with Crippen LogP contribution in [-0.4, -0.2) is 53.7 Å². The zero-order chi connectivity index (χ0) is 14.2. The van der Waals surface area contributed by atoms with Gasteiger partial charge in [-0.3, -0.25) is 4.98 Å². The number of nitrogens with zero attached hydrogens (tertiary/aromatic N) is 2. The average molecular weight is 314 g/mol. The Morgan fingerprint density at radius 3 is 2.95 bits per heavy atom. The van der Waals surface area contributed by atoms with E-state index in [9.17, 15) is 8.42 Å². The molecule has 2 saturated heterocycles. The summed E-state index contributed by atoms with van der Waals surface area (Å²) in [5.74, 6) is 0.935. The van der Waals surface area contributed by atoms with Gasteiger partial charge in [0, 0.05) is 29.8 Å². The number of hydrogen-bond acceptors (Lipinski definition) is 5. The van der Waals surface area contributed by atoms with Gasteiger partial charge in [0.1, 0.15) is 0 Å². The Hall–Kier alpha value is -0.630. The average Bonchev–Trinajstić information content (AvgIpc) is 2.79. The van der Waals surface area contributed by atoms with Crippen molar-refractivity contribution in [3.8, 4) is 0 Å². The summed E-state index contributed by atoms with van der Waals surface area (Å²) in [6.07, 6.45) is 4.16. The highest BCUT2D eigenvalue weighted by Gasteiger charge is 2.52. The van der Waals surface area contributed by atoms with Gasteiger partial charge in [0.2, 0.25) is 10.0 Å². The summed E-state index contributed by atoms with van der Waals surface area (Å²) in [4.78, 5) is 4.24. The molecule has 1 aromatic heterocycles. The molecule has 0 aromatic carbocycles. The summed E-state index contributed by atoms with van der Waals surface area (Å²) in [6, 6.07) is 5.79. The van der Waals surface area contributed by atoms with Crippen LogP contribution in [-0.2, 0) is 21.4 Å². The van der Waals surface area contributed by atoms with E-state index in [2.05, 4.69) is 4.98 Å². The van der Waals surface area contributed by atoms with E-state index in [0.29, 0.717) is 19.7 Å². The first-order valence-corrected chi connectivity index (χ1v) is 9.41. The molecule has 0 radical (unpaired) electrons. The lowest BCUT2D eigenvalue weighted by Crippen LogP contribution is -2.60. The first kappa shape index (κ1) is 14.3. The predicted octanol–water partition coefficient (Wildman–Crippen LogP) is 1.12. The minimum Gasteiger partial charge on any atom is -0.371 e. The van der Waals surface area contributed by atoms with Crippen molar-refractivity contribution in [1.29, 1.82) is 0 Å². The summed E-state index contributed by atoms with van der Waals surface area (Å²) in [7, 11) is -3.03. The van der Waals surface area contributed by atoms with Gasteiger partial charge in [0.15, 0.2) is 0 Å². The topological polar surface area (TPSA) is 59.5 Å². The zero-order valence-corrected chi connectivity index (χ0v) is 13.0. The number of hydrogen-bond donors (Lipinski definition) is 0. The molecule has 0 amide bonds. The lowest BCUT2D eigenvalue weighted by molar-refractivity contribution is 0.0381. The lowest BCUT2D eigenvalue weighted by Gasteiger charge is -2.45. The number of rotatable bonds is 4. The molecule has 2 aliphatic heterocycles. The van der Waals surface area contributed by atoms with Crippen LogP contribution >= 0.6 is 11.8 Å². The Labute approximate surface area is 123 Å². The van der Waals surface area contributed by atoms with Crippen molar-refractivity contribution in [2.75, 3.05) is 25.1 Å². The fourth-order valence-corrected chi connectivity index (χ4v) is 5.33. The van der Waals surface area contributed by atoms with Crippen molar-refractivity contribution >= 4 is 21.8 Å². The van der Waals surface area contributed by atoms with Crippen LogP contribution in [0.5, 0.6) is 0 Å². The van der Waals surface area contributed by atoms with E-state index in [4.69, 9.17) is 4.74 Å². The van der Waals surface area contributed by atoms with Crippen LogP contribution in [0.3, 0.4) is 0 Å². The minimum atomic E-state index is -3.03. The van der Waals surface area contributed by atoms with Crippen LogP contribution in [0.4, 0.5) is 0 Å². The fraction of sp³-hybridized carbons (Fsp3) is 0.615. The monoisotopic (exact) mass is 314 g/mol. The molecule has 110 valence electrons. The van der Waals surface area contributed by atoms with Crippen LogP contribution in [0.15, 0.2) is 24.4 Å². The predicted molar refractivity (Wildman–Crippen MR) is 79.0 cm³/mol. The van der Waals surface area contributed by atoms with Crippen LogP contribution in [0, 0.1) is 0 Å². The normalized spacial score (nSPS) is 25.8. The summed E-state index contributed by atoms with van der Waals surface area (Å²) in [5, 5.41) is 0. The third-order valence-electron chi connectivity index (χ3n) is 3.77. The van der Waals surface area contributed by atoms with Gasteiger partial charge < -0.3 is 4.74 Å². The zero-order valence-electron chi connectivity index (χ0n) is 11.4. The Bertz CT molecular complexity index is 571. The van der Waals surface area contributed by atoms with Crippen molar-refractivity contribution in [2.45, 2.75) is 23.9 Å². The Morgan fingerprint density at radius 1 is 1.50 bits per heavy atom. The largest absolute Gasteiger partial charge is 0.371 e. The van der Waals surface area contributed by atoms with E-state index in [-0.39, 0.29) is 10.9 Å². The van der Waals surface area contributed by atoms with Gasteiger partial charge in [-0.1, -0.05) is 6.07 Å². The molecule has 1 aromatic rings. The maximum Gasteiger partial charge on any atom is 0.211 e. The molecule has 7 heteroatoms. The maximum atomic E-state index is 11.4. The number of ether oxygens (including phenoxy) is 1. The van der Waals surface area contributed by atoms with Crippen molar-refractivity contribution in [3.05, 3.63) is 30.1 Å². The number of pyridine rings is 1. The molecular formula is C13H18N2O3S2. The molecule has 2 aliphatic rings. The van der Waals surface area contributed by atoms with Crippen LogP contribution in [0.1, 0.15) is 12.1 Å². The highest BCUT2D eigenvalue weighted by atomic mass is 32.2. The molecule has 5 nitrogen and oxygen atoms in total. The van der Waals surface area contributed by atoms with E-state index >= 15 is 0 Å². The third kappa shape index (κ3) is 3.00. The second kappa shape index (κ2) is 5.29. The van der Waals surface area contributed by atoms with Gasteiger partial charge in [-0.05, 0) is 18.6 Å². The van der Waals surface area contributed by atoms with E-state index in [1.165, 1.54) is 6.26 Å². The smallest absolute Gasteiger partial charge is 0.211 e. The third-order valence-corrected chi connectivity index (χ3v) is 6.54. The highest BCUT2D eigenvalue weighted by molar-refractivity contribution is 8.01. The first-order valence-electron chi connectivity index (χ1n) is 6.57. The molecule has 3 heterocycles. The number of thioether (sulfide) groups is 1. The van der Waals surface area contributed by atoms with Crippen molar-refractivity contribution in [2.24, 2.45) is 0 Å². The lowest BCUT2D eigenvalue weighted by atomic mass is 9.95. The Balaban J connectivity index is 1.49. The SMILES string of the molecule is CS(=O)(=O)N1CC2(CC(OCc3ccccn3)CS2)C1. The second-order valence-corrected chi connectivity index (χ2v) is 8.95. The molecule has 1 atom stereocenters. The summed E-state index contributed by atoms with van der Waals surface area (Å²) < 4.78 is 30.4. The molecule has 0 N–H and O–H groups in total. The molecule has 0 saturated carbocycles. The quantitative estimate of drug-likeness (QED) is 0.833. The van der Waals surface area contributed by atoms with Gasteiger partial charge >= 0.3 is 0 Å². The molecule has 2 fully saturated rings. The molecule has 3 rings (SSSR count). The van der Waals surface area contributed by atoms with Gasteiger partial charge in [0.25, 0.3) is 0 Å². The summed E-state index contributed by atoms with van der Waals surface area (Å²) in [6.45, 7) is 1.78. The van der Waals surface area contributed by atoms with E-state index in [0.717, 1.165) is 17.9 Å². The molecule has 0 aliphatic carbocycles. The Morgan fingerprint density at radius 2 is 2.30 bits per heavy atom. The van der Waals surface area contributed by atoms with Crippen LogP contribution in [0.2, 0.25) is 0 Å². The second-order valence-electron chi connectivity index (χ2n) is 5.48. The van der Waals surface area contributed by atoms with Gasteiger partial charge in [-0.2, -0.15) is 4.31 Å². The molecular weight excluding hydrogens is 296 g/mol. The molecule has 20 heavy (non-hydrogen) atoms. The molecule has 0 bridgehead atoms. The highest BCUT2D eigenvalue weighted by Crippen LogP contribution is 2.46. The van der Waals surface area contributed by atoms with E-state index < -0.39 is 10.0 Å². The summed E-state index contributed by atoms with van der Waals surface area (Å²) >= 11 is 1.84. The standard InChI is InChI=1S/C13H18N2O3S2/c1-20(16,17)15-9-13(10-15)6-12(8-19-13)18-7-11-4-2-3-5-14-11/h2-5,12H,6-10H2,1H3. The van der Waals surface area contributed by atoms with E-state index in [1.807, 2.05) is 30.0 Å². The van der Waals surface area contributed by atoms with Crippen LogP contribution in [0.25, 0.3) is 0 Å². The van der Waals surface area contributed by atoms with Gasteiger partial charge in [-0.15, -0.1) is 11.8 Å². The molecule has 1 unspecified atom stereocenters. The number of aromatic nitrogens is 1. The maximum absolute atomic E-state index is 11.4. The van der Waals surface area contributed by atoms with Crippen molar-refractivity contribution in [1.82, 2.24) is 9.29 Å². The van der Waals surface area contributed by atoms with Crippen LogP contribution < -0.4 is 0 Å². The number of sulfonamides is 1. The first-order chi connectivity index (χ1) is 9.47. The van der Waals surface area contributed by atoms with Gasteiger partial charge in [0.05, 0.1) is 24.7 Å². The molecule has 1 spiro atoms. The Kier molecular flexibility index (Phi) is 3.79. The summed E-state index contributed by atoms with van der Waals surface area (Å²) in [5.41, 5.74) is 0.935. The van der Waals surface area contributed by atoms with Crippen molar-refractivity contribution in [3.63, 3.8) is 0 Å². The van der Waals surface area contributed by atoms with Crippen molar-refractivity contribution < 1.29 is 13.2 Å². The van der Waals surface area contributed by atoms with Gasteiger partial charge in [-0.25, -0.2) is 8.42 Å². The minimum absolute atomic E-state index is 0.0812. The van der Waals surface area contributed by atoms with E-state index in [1.54, 1.807) is 10.5 Å². The fourth-order valence-electron chi connectivity index (χ4n) is 2.65.